The summed E-state index contributed by atoms with van der Waals surface area (Å²) in [5.74, 6) is -0.389. The van der Waals surface area contributed by atoms with E-state index in [1.165, 1.54) is 13.2 Å². The number of amides is 2. The van der Waals surface area contributed by atoms with E-state index >= 15 is 0 Å². The van der Waals surface area contributed by atoms with E-state index in [0.717, 1.165) is 12.1 Å². The number of hydrogen-bond acceptors (Lipinski definition) is 4. The molecule has 0 saturated heterocycles. The van der Waals surface area contributed by atoms with Crippen molar-refractivity contribution < 1.29 is 27.5 Å². The van der Waals surface area contributed by atoms with E-state index in [1.807, 2.05) is 0 Å². The van der Waals surface area contributed by atoms with Gasteiger partial charge in [-0.3, -0.25) is 4.79 Å². The summed E-state index contributed by atoms with van der Waals surface area (Å²) in [5.41, 5.74) is -0.246. The van der Waals surface area contributed by atoms with Crippen molar-refractivity contribution in [3.63, 3.8) is 0 Å². The number of rotatable bonds is 7. The van der Waals surface area contributed by atoms with Crippen molar-refractivity contribution in [1.82, 2.24) is 0 Å². The Balaban J connectivity index is 2.11. The van der Waals surface area contributed by atoms with Crippen molar-refractivity contribution in [3.05, 3.63) is 53.1 Å². The predicted octanol–water partition coefficient (Wildman–Crippen LogP) is 5.37. The summed E-state index contributed by atoms with van der Waals surface area (Å²) < 4.78 is 43.7. The van der Waals surface area contributed by atoms with Crippen LogP contribution in [-0.4, -0.2) is 25.7 Å². The van der Waals surface area contributed by atoms with Crippen molar-refractivity contribution >= 4 is 40.7 Å². The summed E-state index contributed by atoms with van der Waals surface area (Å²) in [5, 5.41) is 8.32. The molecule has 0 saturated carbocycles. The van der Waals surface area contributed by atoms with Gasteiger partial charge in [0.1, 0.15) is 0 Å². The fraction of sp³-hybridized carbons (Fsp3) is 0.263. The second kappa shape index (κ2) is 10.0. The number of urea groups is 1. The Morgan fingerprint density at radius 2 is 1.72 bits per heavy atom. The normalized spacial score (nSPS) is 10.9. The van der Waals surface area contributed by atoms with Crippen molar-refractivity contribution in [1.29, 1.82) is 0 Å². The summed E-state index contributed by atoms with van der Waals surface area (Å²) in [4.78, 5) is 23.3. The molecule has 29 heavy (non-hydrogen) atoms. The van der Waals surface area contributed by atoms with Gasteiger partial charge in [-0.1, -0.05) is 11.6 Å². The molecule has 156 valence electrons. The Kier molecular flexibility index (Phi) is 7.72. The third-order valence-corrected chi connectivity index (χ3v) is 4.05. The summed E-state index contributed by atoms with van der Waals surface area (Å²) in [7, 11) is 1.27. The van der Waals surface area contributed by atoms with Crippen LogP contribution in [0.2, 0.25) is 5.02 Å². The molecule has 2 aromatic rings. The molecule has 0 aliphatic heterocycles. The van der Waals surface area contributed by atoms with Crippen LogP contribution in [0.5, 0.6) is 0 Å². The fourth-order valence-electron chi connectivity index (χ4n) is 2.35. The van der Waals surface area contributed by atoms with Crippen LogP contribution < -0.4 is 16.0 Å². The van der Waals surface area contributed by atoms with Gasteiger partial charge in [0, 0.05) is 23.7 Å². The number of hydrogen-bond donors (Lipinski definition) is 3. The highest BCUT2D eigenvalue weighted by molar-refractivity contribution is 6.30. The van der Waals surface area contributed by atoms with Crippen LogP contribution in [0.1, 0.15) is 18.4 Å². The lowest BCUT2D eigenvalue weighted by Gasteiger charge is -2.16. The molecule has 3 N–H and O–H groups in total. The van der Waals surface area contributed by atoms with Gasteiger partial charge in [-0.2, -0.15) is 13.2 Å². The zero-order chi connectivity index (χ0) is 21.4. The molecule has 0 heterocycles. The zero-order valence-electron chi connectivity index (χ0n) is 15.4. The number of carbonyl (C=O) groups is 2. The Morgan fingerprint density at radius 1 is 1.03 bits per heavy atom. The number of esters is 1. The highest BCUT2D eigenvalue weighted by Crippen LogP contribution is 2.34. The largest absolute Gasteiger partial charge is 0.469 e. The van der Waals surface area contributed by atoms with E-state index in [4.69, 9.17) is 11.6 Å². The molecule has 6 nitrogen and oxygen atoms in total. The Hall–Kier alpha value is -2.94. The lowest BCUT2D eigenvalue weighted by atomic mass is 10.1. The first-order chi connectivity index (χ1) is 13.7. The second-order valence-electron chi connectivity index (χ2n) is 5.95. The van der Waals surface area contributed by atoms with Gasteiger partial charge in [0.2, 0.25) is 0 Å². The van der Waals surface area contributed by atoms with E-state index in [0.29, 0.717) is 23.7 Å². The maximum Gasteiger partial charge on any atom is 0.416 e. The third kappa shape index (κ3) is 7.19. The minimum absolute atomic E-state index is 0.0515. The van der Waals surface area contributed by atoms with Crippen LogP contribution in [-0.2, 0) is 15.7 Å². The van der Waals surface area contributed by atoms with E-state index < -0.39 is 17.8 Å². The van der Waals surface area contributed by atoms with Crippen LogP contribution in [0.25, 0.3) is 0 Å². The molecule has 0 aliphatic rings. The van der Waals surface area contributed by atoms with Crippen LogP contribution in [0.3, 0.4) is 0 Å². The molecular formula is C19H19ClF3N3O3. The summed E-state index contributed by atoms with van der Waals surface area (Å²) in [6.45, 7) is 0.300. The second-order valence-corrected chi connectivity index (χ2v) is 6.39. The summed E-state index contributed by atoms with van der Waals surface area (Å²) in [6.07, 6.45) is -4.00. The molecule has 0 fully saturated rings. The summed E-state index contributed by atoms with van der Waals surface area (Å²) in [6, 6.07) is 8.49. The predicted molar refractivity (Wildman–Crippen MR) is 105 cm³/mol. The monoisotopic (exact) mass is 429 g/mol. The topological polar surface area (TPSA) is 79.5 Å². The number of anilines is 3. The lowest BCUT2D eigenvalue weighted by Crippen LogP contribution is -2.21. The van der Waals surface area contributed by atoms with Gasteiger partial charge in [0.15, 0.2) is 0 Å². The van der Waals surface area contributed by atoms with Gasteiger partial charge in [-0.25, -0.2) is 4.79 Å². The zero-order valence-corrected chi connectivity index (χ0v) is 16.2. The average molecular weight is 430 g/mol. The van der Waals surface area contributed by atoms with E-state index in [-0.39, 0.29) is 23.8 Å². The first kappa shape index (κ1) is 22.4. The Labute approximate surface area is 170 Å². The van der Waals surface area contributed by atoms with Gasteiger partial charge in [-0.15, -0.1) is 0 Å². The number of carbonyl (C=O) groups excluding carboxylic acids is 2. The molecule has 0 bridgehead atoms. The highest BCUT2D eigenvalue weighted by atomic mass is 35.5. The number of halogens is 4. The van der Waals surface area contributed by atoms with Crippen LogP contribution >= 0.6 is 11.6 Å². The van der Waals surface area contributed by atoms with E-state index in [9.17, 15) is 22.8 Å². The van der Waals surface area contributed by atoms with Crippen LogP contribution in [0.15, 0.2) is 42.5 Å². The minimum Gasteiger partial charge on any atom is -0.469 e. The molecule has 0 unspecified atom stereocenters. The molecule has 0 radical (unpaired) electrons. The van der Waals surface area contributed by atoms with Gasteiger partial charge in [-0.05, 0) is 48.9 Å². The van der Waals surface area contributed by atoms with E-state index in [2.05, 4.69) is 20.7 Å². The molecule has 0 aromatic heterocycles. The lowest BCUT2D eigenvalue weighted by molar-refractivity contribution is -0.140. The smallest absolute Gasteiger partial charge is 0.416 e. The first-order valence-corrected chi connectivity index (χ1v) is 8.92. The van der Waals surface area contributed by atoms with Crippen LogP contribution in [0.4, 0.5) is 35.0 Å². The van der Waals surface area contributed by atoms with E-state index in [1.54, 1.807) is 24.3 Å². The van der Waals surface area contributed by atoms with Gasteiger partial charge < -0.3 is 20.7 Å². The fourth-order valence-corrected chi connectivity index (χ4v) is 2.48. The molecule has 0 atom stereocenters. The van der Waals surface area contributed by atoms with Crippen molar-refractivity contribution in [2.45, 2.75) is 19.0 Å². The summed E-state index contributed by atoms with van der Waals surface area (Å²) >= 11 is 5.78. The van der Waals surface area contributed by atoms with Crippen molar-refractivity contribution in [2.24, 2.45) is 0 Å². The SMILES string of the molecule is COC(=O)CCCNc1ccc(C(F)(F)F)cc1NC(=O)Nc1ccc(Cl)cc1. The quantitative estimate of drug-likeness (QED) is 0.408. The maximum absolute atomic E-state index is 13.0. The van der Waals surface area contributed by atoms with Gasteiger partial charge in [0.25, 0.3) is 0 Å². The average Bonchev–Trinajstić information content (AvgIpc) is 2.66. The number of methoxy groups -OCH3 is 1. The number of nitrogens with one attached hydrogen (secondary N) is 3. The molecule has 2 aromatic carbocycles. The number of alkyl halides is 3. The highest BCUT2D eigenvalue weighted by Gasteiger charge is 2.31. The molecular weight excluding hydrogens is 411 g/mol. The van der Waals surface area contributed by atoms with Gasteiger partial charge >= 0.3 is 18.2 Å². The van der Waals surface area contributed by atoms with Crippen LogP contribution in [0, 0.1) is 0 Å². The number of ether oxygens (including phenoxy) is 1. The minimum atomic E-state index is -4.56. The molecule has 0 aliphatic carbocycles. The first-order valence-electron chi connectivity index (χ1n) is 8.54. The van der Waals surface area contributed by atoms with Gasteiger partial charge in [0.05, 0.1) is 24.0 Å². The third-order valence-electron chi connectivity index (χ3n) is 3.80. The number of benzene rings is 2. The van der Waals surface area contributed by atoms with Crippen molar-refractivity contribution in [2.75, 3.05) is 29.6 Å². The Bertz CT molecular complexity index is 858. The molecule has 2 rings (SSSR count). The Morgan fingerprint density at radius 3 is 2.34 bits per heavy atom. The molecule has 0 spiro atoms. The standard InChI is InChI=1S/C19H19ClF3N3O3/c1-29-17(27)3-2-10-24-15-9-4-12(19(21,22)23)11-16(15)26-18(28)25-14-7-5-13(20)6-8-14/h4-9,11,24H,2-3,10H2,1H3,(H2,25,26,28). The molecule has 2 amide bonds. The van der Waals surface area contributed by atoms with Crippen molar-refractivity contribution in [3.8, 4) is 0 Å². The maximum atomic E-state index is 13.0. The molecule has 10 heteroatoms.